The molecule has 0 aliphatic carbocycles. The van der Waals surface area contributed by atoms with Crippen LogP contribution in [-0.2, 0) is 4.74 Å². The fourth-order valence-electron chi connectivity index (χ4n) is 4.30. The number of amides is 2. The van der Waals surface area contributed by atoms with Crippen LogP contribution in [0.15, 0.2) is 33.5 Å². The van der Waals surface area contributed by atoms with Crippen LogP contribution in [0.3, 0.4) is 0 Å². The largest absolute Gasteiger partial charge is 0.423 e. The van der Waals surface area contributed by atoms with Gasteiger partial charge >= 0.3 is 11.7 Å². The second-order valence-corrected chi connectivity index (χ2v) is 7.73. The molecule has 2 aliphatic rings. The van der Waals surface area contributed by atoms with Crippen LogP contribution in [0.25, 0.3) is 11.0 Å². The summed E-state index contributed by atoms with van der Waals surface area (Å²) in [5.41, 5.74) is 1.54. The van der Waals surface area contributed by atoms with Crippen LogP contribution in [0.1, 0.15) is 24.8 Å². The maximum Gasteiger partial charge on any atom is 0.336 e. The number of aryl methyl sites for hydroxylation is 1. The van der Waals surface area contributed by atoms with Gasteiger partial charge in [0, 0.05) is 48.3 Å². The minimum absolute atomic E-state index is 0.252. The summed E-state index contributed by atoms with van der Waals surface area (Å²) in [7, 11) is 0. The normalized spacial score (nSPS) is 21.1. The number of likely N-dealkylation sites (tertiary alicyclic amines) is 1. The molecule has 2 atom stereocenters. The minimum atomic E-state index is -0.390. The van der Waals surface area contributed by atoms with Crippen molar-refractivity contribution in [2.75, 3.05) is 38.2 Å². The summed E-state index contributed by atoms with van der Waals surface area (Å²) in [5, 5.41) is 6.73. The lowest BCUT2D eigenvalue weighted by Crippen LogP contribution is -2.48. The number of carbonyl (C=O) groups excluding carboxylic acids is 1. The van der Waals surface area contributed by atoms with Crippen LogP contribution in [0.5, 0.6) is 0 Å². The first kappa shape index (κ1) is 19.0. The van der Waals surface area contributed by atoms with Crippen molar-refractivity contribution in [3.63, 3.8) is 0 Å². The molecule has 1 aromatic heterocycles. The van der Waals surface area contributed by atoms with Crippen molar-refractivity contribution in [1.29, 1.82) is 0 Å². The third-order valence-electron chi connectivity index (χ3n) is 5.80. The van der Waals surface area contributed by atoms with Gasteiger partial charge in [0.25, 0.3) is 0 Å². The van der Waals surface area contributed by atoms with Crippen LogP contribution in [0.4, 0.5) is 10.5 Å². The van der Waals surface area contributed by atoms with Crippen LogP contribution in [-0.4, -0.2) is 49.8 Å². The first-order valence-electron chi connectivity index (χ1n) is 10.0. The van der Waals surface area contributed by atoms with E-state index in [9.17, 15) is 9.59 Å². The summed E-state index contributed by atoms with van der Waals surface area (Å²) in [5.74, 6) is 0.469. The smallest absolute Gasteiger partial charge is 0.336 e. The lowest BCUT2D eigenvalue weighted by molar-refractivity contribution is 0.135. The molecule has 7 nitrogen and oxygen atoms in total. The average molecular weight is 385 g/mol. The van der Waals surface area contributed by atoms with Gasteiger partial charge in [-0.25, -0.2) is 9.59 Å². The van der Waals surface area contributed by atoms with Gasteiger partial charge < -0.3 is 19.8 Å². The van der Waals surface area contributed by atoms with Crippen LogP contribution < -0.4 is 16.3 Å². The predicted octanol–water partition coefficient (Wildman–Crippen LogP) is 2.72. The molecule has 2 amide bonds. The molecule has 28 heavy (non-hydrogen) atoms. The number of anilines is 1. The lowest BCUT2D eigenvalue weighted by atomic mass is 9.97. The van der Waals surface area contributed by atoms with Gasteiger partial charge in [-0.3, -0.25) is 4.90 Å². The second-order valence-electron chi connectivity index (χ2n) is 7.73. The van der Waals surface area contributed by atoms with Crippen molar-refractivity contribution in [1.82, 2.24) is 10.2 Å². The van der Waals surface area contributed by atoms with E-state index in [1.165, 1.54) is 18.9 Å². The number of urea groups is 1. The summed E-state index contributed by atoms with van der Waals surface area (Å²) in [6.07, 6.45) is 3.49. The molecular formula is C21H27N3O4. The quantitative estimate of drug-likeness (QED) is 0.773. The number of hydrogen-bond acceptors (Lipinski definition) is 5. The molecule has 0 saturated carbocycles. The van der Waals surface area contributed by atoms with Gasteiger partial charge in [-0.05, 0) is 57.0 Å². The number of rotatable bonds is 5. The molecule has 150 valence electrons. The van der Waals surface area contributed by atoms with E-state index in [2.05, 4.69) is 15.5 Å². The van der Waals surface area contributed by atoms with Gasteiger partial charge in [-0.15, -0.1) is 0 Å². The van der Waals surface area contributed by atoms with Crippen molar-refractivity contribution in [3.8, 4) is 0 Å². The van der Waals surface area contributed by atoms with Crippen molar-refractivity contribution >= 4 is 22.7 Å². The van der Waals surface area contributed by atoms with Crippen molar-refractivity contribution in [2.45, 2.75) is 32.2 Å². The fourth-order valence-corrected chi connectivity index (χ4v) is 4.30. The molecule has 0 spiro atoms. The number of nitrogens with zero attached hydrogens (tertiary/aromatic N) is 1. The number of carbonyl (C=O) groups is 1. The van der Waals surface area contributed by atoms with E-state index >= 15 is 0 Å². The fraction of sp³-hybridized carbons (Fsp3) is 0.524. The van der Waals surface area contributed by atoms with E-state index in [1.54, 1.807) is 6.07 Å². The standard InChI is InChI=1S/C21H27N3O4/c1-14-10-20(25)28-19-11-16(4-5-17(14)19)23-21(26)22-12-18(15-6-9-27-13-15)24-7-2-3-8-24/h4-5,10-11,15,18H,2-3,6-9,12-13H2,1H3,(H2,22,23,26)/t15-,18+/m0/s1. The van der Waals surface area contributed by atoms with E-state index in [0.717, 1.165) is 43.7 Å². The number of nitrogens with one attached hydrogen (secondary N) is 2. The molecule has 2 aromatic rings. The van der Waals surface area contributed by atoms with Gasteiger partial charge in [-0.1, -0.05) is 0 Å². The number of hydrogen-bond donors (Lipinski definition) is 2. The highest BCUT2D eigenvalue weighted by Gasteiger charge is 2.32. The third kappa shape index (κ3) is 4.20. The number of ether oxygens (including phenoxy) is 1. The van der Waals surface area contributed by atoms with Gasteiger partial charge in [0.1, 0.15) is 5.58 Å². The molecule has 0 bridgehead atoms. The molecule has 2 saturated heterocycles. The van der Waals surface area contributed by atoms with Crippen molar-refractivity contribution in [2.24, 2.45) is 5.92 Å². The maximum atomic E-state index is 12.5. The molecule has 7 heteroatoms. The highest BCUT2D eigenvalue weighted by molar-refractivity contribution is 5.92. The Bertz CT molecular complexity index is 882. The second kappa shape index (κ2) is 8.32. The van der Waals surface area contributed by atoms with Gasteiger partial charge in [0.15, 0.2) is 0 Å². The molecule has 4 rings (SSSR count). The SMILES string of the molecule is Cc1cc(=O)oc2cc(NC(=O)NC[C@H]([C@H]3CCOC3)N3CCCC3)ccc12. The molecule has 0 unspecified atom stereocenters. The van der Waals surface area contributed by atoms with Crippen molar-refractivity contribution in [3.05, 3.63) is 40.2 Å². The van der Waals surface area contributed by atoms with E-state index in [1.807, 2.05) is 19.1 Å². The summed E-state index contributed by atoms with van der Waals surface area (Å²) in [6, 6.07) is 6.88. The topological polar surface area (TPSA) is 83.8 Å². The zero-order chi connectivity index (χ0) is 19.5. The lowest BCUT2D eigenvalue weighted by Gasteiger charge is -2.31. The van der Waals surface area contributed by atoms with Crippen molar-refractivity contribution < 1.29 is 13.9 Å². The van der Waals surface area contributed by atoms with Crippen LogP contribution in [0.2, 0.25) is 0 Å². The first-order chi connectivity index (χ1) is 13.6. The van der Waals surface area contributed by atoms with Crippen LogP contribution >= 0.6 is 0 Å². The van der Waals surface area contributed by atoms with Crippen LogP contribution in [0, 0.1) is 12.8 Å². The van der Waals surface area contributed by atoms with E-state index < -0.39 is 0 Å². The first-order valence-corrected chi connectivity index (χ1v) is 10.0. The summed E-state index contributed by atoms with van der Waals surface area (Å²) >= 11 is 0. The molecule has 2 aliphatic heterocycles. The molecule has 1 aromatic carbocycles. The number of fused-ring (bicyclic) bond motifs is 1. The zero-order valence-corrected chi connectivity index (χ0v) is 16.2. The molecule has 2 N–H and O–H groups in total. The van der Waals surface area contributed by atoms with Gasteiger partial charge in [0.05, 0.1) is 6.61 Å². The zero-order valence-electron chi connectivity index (χ0n) is 16.2. The van der Waals surface area contributed by atoms with Gasteiger partial charge in [0.2, 0.25) is 0 Å². The summed E-state index contributed by atoms with van der Waals surface area (Å²) in [4.78, 5) is 26.5. The summed E-state index contributed by atoms with van der Waals surface area (Å²) < 4.78 is 10.8. The average Bonchev–Trinajstić information content (AvgIpc) is 3.36. The summed E-state index contributed by atoms with van der Waals surface area (Å²) in [6.45, 7) is 6.23. The highest BCUT2D eigenvalue weighted by atomic mass is 16.5. The Kier molecular flexibility index (Phi) is 5.64. The van der Waals surface area contributed by atoms with E-state index in [0.29, 0.717) is 29.8 Å². The Morgan fingerprint density at radius 2 is 2.11 bits per heavy atom. The predicted molar refractivity (Wildman–Crippen MR) is 108 cm³/mol. The highest BCUT2D eigenvalue weighted by Crippen LogP contribution is 2.24. The molecule has 2 fully saturated rings. The Balaban J connectivity index is 1.40. The Labute approximate surface area is 164 Å². The Hall–Kier alpha value is -2.38. The molecular weight excluding hydrogens is 358 g/mol. The van der Waals surface area contributed by atoms with E-state index in [4.69, 9.17) is 9.15 Å². The Morgan fingerprint density at radius 3 is 2.86 bits per heavy atom. The maximum absolute atomic E-state index is 12.5. The van der Waals surface area contributed by atoms with E-state index in [-0.39, 0.29) is 11.7 Å². The Morgan fingerprint density at radius 1 is 1.29 bits per heavy atom. The molecule has 0 radical (unpaired) electrons. The van der Waals surface area contributed by atoms with Gasteiger partial charge in [-0.2, -0.15) is 0 Å². The minimum Gasteiger partial charge on any atom is -0.423 e. The third-order valence-corrected chi connectivity index (χ3v) is 5.80. The number of benzene rings is 1. The molecule has 3 heterocycles. The monoisotopic (exact) mass is 385 g/mol.